The minimum atomic E-state index is -0.918. The lowest BCUT2D eigenvalue weighted by Gasteiger charge is -2.11. The average molecular weight is 187 g/mol. The topological polar surface area (TPSA) is 60.8 Å². The Morgan fingerprint density at radius 2 is 2.23 bits per heavy atom. The van der Waals surface area contributed by atoms with Crippen molar-refractivity contribution in [1.82, 2.24) is 4.90 Å². The van der Waals surface area contributed by atoms with Gasteiger partial charge < -0.3 is 15.1 Å². The van der Waals surface area contributed by atoms with Crippen LogP contribution in [-0.2, 0) is 0 Å². The number of aliphatic hydroxyl groups excluding tert-OH is 1. The molecule has 0 aromatic heterocycles. The number of β-amino-alcohol motifs (C(OH)–C–C–N with tert-alkyl or cyclic N) is 1. The van der Waals surface area contributed by atoms with E-state index in [2.05, 4.69) is 6.92 Å². The molecule has 0 spiro atoms. The summed E-state index contributed by atoms with van der Waals surface area (Å²) in [4.78, 5) is 11.9. The summed E-state index contributed by atoms with van der Waals surface area (Å²) in [5, 5.41) is 18.2. The maximum absolute atomic E-state index is 10.6. The first-order chi connectivity index (χ1) is 6.15. The fourth-order valence-corrected chi connectivity index (χ4v) is 1.76. The third-order valence-electron chi connectivity index (χ3n) is 2.61. The molecule has 0 aromatic rings. The van der Waals surface area contributed by atoms with Gasteiger partial charge in [-0.2, -0.15) is 0 Å². The van der Waals surface area contributed by atoms with Crippen LogP contribution in [0.5, 0.6) is 0 Å². The quantitative estimate of drug-likeness (QED) is 0.696. The van der Waals surface area contributed by atoms with Gasteiger partial charge in [0.15, 0.2) is 0 Å². The van der Waals surface area contributed by atoms with E-state index in [1.807, 2.05) is 0 Å². The number of amides is 1. The highest BCUT2D eigenvalue weighted by Gasteiger charge is 2.33. The minimum Gasteiger partial charge on any atom is -0.465 e. The van der Waals surface area contributed by atoms with Crippen LogP contribution in [0.3, 0.4) is 0 Å². The summed E-state index contributed by atoms with van der Waals surface area (Å²) in [6.07, 6.45) is 1.72. The van der Waals surface area contributed by atoms with Crippen molar-refractivity contribution in [3.8, 4) is 0 Å². The summed E-state index contributed by atoms with van der Waals surface area (Å²) in [5.41, 5.74) is 0. The van der Waals surface area contributed by atoms with Crippen LogP contribution < -0.4 is 0 Å². The number of carbonyl (C=O) groups is 1. The normalized spacial score (nSPS) is 28.0. The molecule has 1 saturated heterocycles. The summed E-state index contributed by atoms with van der Waals surface area (Å²) >= 11 is 0. The van der Waals surface area contributed by atoms with E-state index in [0.29, 0.717) is 6.54 Å². The zero-order chi connectivity index (χ0) is 9.84. The molecule has 0 saturated carbocycles. The van der Waals surface area contributed by atoms with Gasteiger partial charge in [-0.3, -0.25) is 0 Å². The molecule has 1 amide bonds. The van der Waals surface area contributed by atoms with E-state index >= 15 is 0 Å². The Hall–Kier alpha value is -0.770. The Morgan fingerprint density at radius 1 is 1.54 bits per heavy atom. The van der Waals surface area contributed by atoms with E-state index in [9.17, 15) is 9.90 Å². The van der Waals surface area contributed by atoms with Gasteiger partial charge >= 0.3 is 6.09 Å². The number of hydrogen-bond acceptors (Lipinski definition) is 2. The zero-order valence-electron chi connectivity index (χ0n) is 7.94. The van der Waals surface area contributed by atoms with Crippen molar-refractivity contribution < 1.29 is 15.0 Å². The van der Waals surface area contributed by atoms with Crippen LogP contribution in [-0.4, -0.2) is 40.4 Å². The van der Waals surface area contributed by atoms with Gasteiger partial charge in [-0.15, -0.1) is 0 Å². The molecule has 2 N–H and O–H groups in total. The first-order valence-electron chi connectivity index (χ1n) is 4.81. The average Bonchev–Trinajstić information content (AvgIpc) is 2.44. The lowest BCUT2D eigenvalue weighted by atomic mass is 9.99. The highest BCUT2D eigenvalue weighted by molar-refractivity contribution is 5.65. The molecule has 4 nitrogen and oxygen atoms in total. The molecule has 1 aliphatic heterocycles. The van der Waals surface area contributed by atoms with Crippen molar-refractivity contribution in [2.24, 2.45) is 5.92 Å². The number of rotatable bonds is 3. The van der Waals surface area contributed by atoms with Gasteiger partial charge in [-0.25, -0.2) is 4.79 Å². The Bertz CT molecular complexity index is 184. The molecule has 4 heteroatoms. The molecule has 1 aliphatic rings. The summed E-state index contributed by atoms with van der Waals surface area (Å²) < 4.78 is 0. The molecule has 0 aromatic carbocycles. The van der Waals surface area contributed by atoms with Crippen molar-refractivity contribution in [2.75, 3.05) is 13.1 Å². The van der Waals surface area contributed by atoms with Crippen LogP contribution in [0.4, 0.5) is 4.79 Å². The third kappa shape index (κ3) is 2.59. The molecule has 76 valence electrons. The van der Waals surface area contributed by atoms with E-state index in [4.69, 9.17) is 5.11 Å². The van der Waals surface area contributed by atoms with E-state index in [1.165, 1.54) is 4.90 Å². The minimum absolute atomic E-state index is 0.149. The molecule has 1 rings (SSSR count). The molecule has 13 heavy (non-hydrogen) atoms. The predicted octanol–water partition coefficient (Wildman–Crippen LogP) is 1.15. The van der Waals surface area contributed by atoms with E-state index < -0.39 is 12.2 Å². The van der Waals surface area contributed by atoms with Crippen LogP contribution in [0.2, 0.25) is 0 Å². The number of hydrogen-bond donors (Lipinski definition) is 2. The smallest absolute Gasteiger partial charge is 0.407 e. The van der Waals surface area contributed by atoms with Crippen molar-refractivity contribution in [2.45, 2.75) is 32.3 Å². The fourth-order valence-electron chi connectivity index (χ4n) is 1.76. The SMILES string of the molecule is CCCCC1CN(C(=O)O)CC1O. The van der Waals surface area contributed by atoms with Gasteiger partial charge in [0.05, 0.1) is 12.6 Å². The molecule has 1 heterocycles. The van der Waals surface area contributed by atoms with Gasteiger partial charge in [0.25, 0.3) is 0 Å². The van der Waals surface area contributed by atoms with Crippen LogP contribution in [0.25, 0.3) is 0 Å². The standard InChI is InChI=1S/C9H17NO3/c1-2-3-4-7-5-10(9(12)13)6-8(7)11/h7-8,11H,2-6H2,1H3,(H,12,13). The zero-order valence-corrected chi connectivity index (χ0v) is 7.94. The van der Waals surface area contributed by atoms with Gasteiger partial charge in [-0.1, -0.05) is 19.8 Å². The maximum Gasteiger partial charge on any atom is 0.407 e. The summed E-state index contributed by atoms with van der Waals surface area (Å²) in [6, 6.07) is 0. The number of unbranched alkanes of at least 4 members (excludes halogenated alkanes) is 1. The van der Waals surface area contributed by atoms with Crippen molar-refractivity contribution in [3.63, 3.8) is 0 Å². The highest BCUT2D eigenvalue weighted by Crippen LogP contribution is 2.22. The molecule has 0 bridgehead atoms. The van der Waals surface area contributed by atoms with E-state index in [0.717, 1.165) is 19.3 Å². The molecular formula is C9H17NO3. The predicted molar refractivity (Wildman–Crippen MR) is 48.6 cm³/mol. The van der Waals surface area contributed by atoms with Gasteiger partial charge in [0, 0.05) is 12.5 Å². The molecule has 2 atom stereocenters. The molecule has 0 aliphatic carbocycles. The lowest BCUT2D eigenvalue weighted by molar-refractivity contribution is 0.129. The first-order valence-corrected chi connectivity index (χ1v) is 4.81. The largest absolute Gasteiger partial charge is 0.465 e. The second-order valence-electron chi connectivity index (χ2n) is 3.66. The third-order valence-corrected chi connectivity index (χ3v) is 2.61. The summed E-state index contributed by atoms with van der Waals surface area (Å²) in [6.45, 7) is 2.87. The van der Waals surface area contributed by atoms with Crippen LogP contribution in [0.1, 0.15) is 26.2 Å². The first kappa shape index (κ1) is 10.3. The van der Waals surface area contributed by atoms with E-state index in [-0.39, 0.29) is 12.5 Å². The molecular weight excluding hydrogens is 170 g/mol. The van der Waals surface area contributed by atoms with Crippen LogP contribution in [0, 0.1) is 5.92 Å². The van der Waals surface area contributed by atoms with Crippen molar-refractivity contribution in [3.05, 3.63) is 0 Å². The van der Waals surface area contributed by atoms with Crippen molar-refractivity contribution in [1.29, 1.82) is 0 Å². The Labute approximate surface area is 78.2 Å². The molecule has 0 radical (unpaired) electrons. The molecule has 1 fully saturated rings. The maximum atomic E-state index is 10.6. The number of likely N-dealkylation sites (tertiary alicyclic amines) is 1. The Morgan fingerprint density at radius 3 is 2.69 bits per heavy atom. The Kier molecular flexibility index (Phi) is 3.54. The lowest BCUT2D eigenvalue weighted by Crippen LogP contribution is -2.27. The summed E-state index contributed by atoms with van der Waals surface area (Å²) in [5.74, 6) is 0.149. The van der Waals surface area contributed by atoms with Gasteiger partial charge in [0.2, 0.25) is 0 Å². The fraction of sp³-hybridized carbons (Fsp3) is 0.889. The van der Waals surface area contributed by atoms with Crippen LogP contribution >= 0.6 is 0 Å². The van der Waals surface area contributed by atoms with Crippen molar-refractivity contribution >= 4 is 6.09 Å². The second kappa shape index (κ2) is 4.46. The molecule has 2 unspecified atom stereocenters. The van der Waals surface area contributed by atoms with E-state index in [1.54, 1.807) is 0 Å². The summed E-state index contributed by atoms with van der Waals surface area (Å²) in [7, 11) is 0. The monoisotopic (exact) mass is 187 g/mol. The highest BCUT2D eigenvalue weighted by atomic mass is 16.4. The van der Waals surface area contributed by atoms with Gasteiger partial charge in [-0.05, 0) is 6.42 Å². The number of aliphatic hydroxyl groups is 1. The second-order valence-corrected chi connectivity index (χ2v) is 3.66. The number of nitrogens with zero attached hydrogens (tertiary/aromatic N) is 1. The van der Waals surface area contributed by atoms with Crippen LogP contribution in [0.15, 0.2) is 0 Å². The Balaban J connectivity index is 2.37. The number of carboxylic acid groups (broad SMARTS) is 1. The van der Waals surface area contributed by atoms with Gasteiger partial charge in [0.1, 0.15) is 0 Å².